The summed E-state index contributed by atoms with van der Waals surface area (Å²) in [6.45, 7) is 8.37. The number of anilines is 1. The summed E-state index contributed by atoms with van der Waals surface area (Å²) in [5.41, 5.74) is 0.367. The number of carboxylic acids is 1. The summed E-state index contributed by atoms with van der Waals surface area (Å²) in [5, 5.41) is 11.8. The zero-order valence-corrected chi connectivity index (χ0v) is 23.5. The maximum absolute atomic E-state index is 14.0. The normalized spacial score (nSPS) is 26.2. The van der Waals surface area contributed by atoms with Gasteiger partial charge >= 0.3 is 5.97 Å². The molecule has 1 aromatic rings. The molecule has 2 fully saturated rings. The predicted molar refractivity (Wildman–Crippen MR) is 151 cm³/mol. The molecule has 0 radical (unpaired) electrons. The van der Waals surface area contributed by atoms with Gasteiger partial charge in [-0.2, -0.15) is 0 Å². The van der Waals surface area contributed by atoms with Crippen molar-refractivity contribution in [2.75, 3.05) is 4.90 Å². The zero-order valence-electron chi connectivity index (χ0n) is 21.9. The van der Waals surface area contributed by atoms with Crippen LogP contribution >= 0.6 is 23.1 Å². The lowest BCUT2D eigenvalue weighted by Crippen LogP contribution is -2.46. The Bertz CT molecular complexity index is 1090. The summed E-state index contributed by atoms with van der Waals surface area (Å²) in [7, 11) is 0. The number of carboxylic acid groups (broad SMARTS) is 1. The van der Waals surface area contributed by atoms with Crippen molar-refractivity contribution in [3.63, 3.8) is 0 Å². The summed E-state index contributed by atoms with van der Waals surface area (Å²) in [5.74, 6) is 6.14. The standard InChI is InChI=1S/C29H38N2O3S2/c1-19-7-9-20(10-8-19)27(32)31(21-11-13-22(14-12-21)35-25-6-5-17-30-25)24-18-23(15-16-29(2,3)4)36-26(24)28(33)34/h5,17-22H,6-14H2,1-4H3,(H,33,34). The van der Waals surface area contributed by atoms with Crippen LogP contribution in [-0.2, 0) is 4.79 Å². The molecular formula is C29H38N2O3S2. The molecule has 0 spiro atoms. The number of hydrogen-bond donors (Lipinski definition) is 1. The Hall–Kier alpha value is -2.04. The van der Waals surface area contributed by atoms with Crippen LogP contribution in [0, 0.1) is 29.1 Å². The molecule has 0 aromatic carbocycles. The predicted octanol–water partition coefficient (Wildman–Crippen LogP) is 7.36. The van der Waals surface area contributed by atoms with Crippen molar-refractivity contribution < 1.29 is 14.7 Å². The molecule has 0 atom stereocenters. The van der Waals surface area contributed by atoms with Gasteiger partial charge in [-0.25, -0.2) is 4.79 Å². The summed E-state index contributed by atoms with van der Waals surface area (Å²) in [6.07, 6.45) is 12.5. The van der Waals surface area contributed by atoms with Crippen molar-refractivity contribution in [2.24, 2.45) is 22.2 Å². The number of aliphatic imine (C=N–C) groups is 1. The first kappa shape index (κ1) is 27.0. The Kier molecular flexibility index (Phi) is 8.67. The van der Waals surface area contributed by atoms with Gasteiger partial charge in [-0.1, -0.05) is 24.8 Å². The average Bonchev–Trinajstić information content (AvgIpc) is 3.49. The Labute approximate surface area is 223 Å². The topological polar surface area (TPSA) is 70.0 Å². The van der Waals surface area contributed by atoms with Crippen molar-refractivity contribution in [3.8, 4) is 11.8 Å². The van der Waals surface area contributed by atoms with Crippen LogP contribution in [0.2, 0.25) is 0 Å². The maximum Gasteiger partial charge on any atom is 0.348 e. The molecule has 1 aliphatic heterocycles. The third kappa shape index (κ3) is 6.83. The van der Waals surface area contributed by atoms with E-state index in [-0.39, 0.29) is 28.2 Å². The van der Waals surface area contributed by atoms with Gasteiger partial charge in [0.05, 0.1) is 15.6 Å². The van der Waals surface area contributed by atoms with E-state index in [0.717, 1.165) is 57.8 Å². The highest BCUT2D eigenvalue weighted by Gasteiger charge is 2.37. The Balaban J connectivity index is 1.61. The van der Waals surface area contributed by atoms with Gasteiger partial charge in [0, 0.05) is 35.2 Å². The van der Waals surface area contributed by atoms with Gasteiger partial charge in [0.25, 0.3) is 0 Å². The first-order valence-corrected chi connectivity index (χ1v) is 14.9. The highest BCUT2D eigenvalue weighted by atomic mass is 32.2. The fourth-order valence-electron chi connectivity index (χ4n) is 5.26. The van der Waals surface area contributed by atoms with Gasteiger partial charge in [0.1, 0.15) is 4.88 Å². The van der Waals surface area contributed by atoms with Crippen molar-refractivity contribution in [1.29, 1.82) is 0 Å². The smallest absolute Gasteiger partial charge is 0.348 e. The molecule has 1 amide bonds. The van der Waals surface area contributed by atoms with Gasteiger partial charge < -0.3 is 10.0 Å². The first-order chi connectivity index (χ1) is 17.1. The quantitative estimate of drug-likeness (QED) is 0.407. The summed E-state index contributed by atoms with van der Waals surface area (Å²) in [4.78, 5) is 33.6. The number of thioether (sulfide) groups is 1. The summed E-state index contributed by atoms with van der Waals surface area (Å²) < 4.78 is 0. The molecule has 2 heterocycles. The molecule has 4 rings (SSSR count). The lowest BCUT2D eigenvalue weighted by Gasteiger charge is -2.39. The molecule has 36 heavy (non-hydrogen) atoms. The van der Waals surface area contributed by atoms with Gasteiger partial charge in [-0.05, 0) is 84.1 Å². The molecule has 0 bridgehead atoms. The number of aromatic carboxylic acids is 1. The molecule has 1 aromatic heterocycles. The molecular weight excluding hydrogens is 488 g/mol. The van der Waals surface area contributed by atoms with Crippen LogP contribution in [-0.4, -0.2) is 33.3 Å². The number of hydrogen-bond acceptors (Lipinski definition) is 5. The number of thiophene rings is 1. The lowest BCUT2D eigenvalue weighted by molar-refractivity contribution is -0.124. The van der Waals surface area contributed by atoms with Crippen LogP contribution in [0.25, 0.3) is 0 Å². The van der Waals surface area contributed by atoms with Gasteiger partial charge in [-0.3, -0.25) is 9.79 Å². The Morgan fingerprint density at radius 1 is 1.11 bits per heavy atom. The second-order valence-electron chi connectivity index (χ2n) is 11.5. The minimum Gasteiger partial charge on any atom is -0.477 e. The number of allylic oxidation sites excluding steroid dienone is 1. The Morgan fingerprint density at radius 3 is 2.39 bits per heavy atom. The molecule has 3 aliphatic rings. The number of amides is 1. The van der Waals surface area contributed by atoms with E-state index in [4.69, 9.17) is 0 Å². The van der Waals surface area contributed by atoms with Crippen LogP contribution in [0.4, 0.5) is 5.69 Å². The molecule has 0 unspecified atom stereocenters. The molecule has 2 aliphatic carbocycles. The van der Waals surface area contributed by atoms with E-state index in [9.17, 15) is 14.7 Å². The third-order valence-electron chi connectivity index (χ3n) is 7.26. The van der Waals surface area contributed by atoms with E-state index >= 15 is 0 Å². The number of rotatable bonds is 5. The highest BCUT2D eigenvalue weighted by molar-refractivity contribution is 8.14. The van der Waals surface area contributed by atoms with Crippen molar-refractivity contribution in [2.45, 2.75) is 96.8 Å². The van der Waals surface area contributed by atoms with E-state index < -0.39 is 5.97 Å². The number of nitrogens with zero attached hydrogens (tertiary/aromatic N) is 2. The molecule has 5 nitrogen and oxygen atoms in total. The second-order valence-corrected chi connectivity index (χ2v) is 13.9. The largest absolute Gasteiger partial charge is 0.477 e. The summed E-state index contributed by atoms with van der Waals surface area (Å²) in [6, 6.07) is 1.88. The van der Waals surface area contributed by atoms with Crippen LogP contribution in [0.15, 0.2) is 23.3 Å². The van der Waals surface area contributed by atoms with Crippen molar-refractivity contribution in [1.82, 2.24) is 0 Å². The van der Waals surface area contributed by atoms with Gasteiger partial charge in [0.2, 0.25) is 5.91 Å². The van der Waals surface area contributed by atoms with E-state index in [1.165, 1.54) is 16.4 Å². The zero-order chi connectivity index (χ0) is 25.9. The summed E-state index contributed by atoms with van der Waals surface area (Å²) >= 11 is 3.06. The highest BCUT2D eigenvalue weighted by Crippen LogP contribution is 2.40. The minimum atomic E-state index is -0.982. The van der Waals surface area contributed by atoms with Crippen LogP contribution < -0.4 is 4.90 Å². The van der Waals surface area contributed by atoms with E-state index in [0.29, 0.717) is 21.7 Å². The fourth-order valence-corrected chi connectivity index (χ4v) is 7.31. The van der Waals surface area contributed by atoms with Gasteiger partial charge in [0.15, 0.2) is 0 Å². The van der Waals surface area contributed by atoms with Crippen LogP contribution in [0.5, 0.6) is 0 Å². The van der Waals surface area contributed by atoms with E-state index in [1.54, 1.807) is 0 Å². The van der Waals surface area contributed by atoms with Crippen molar-refractivity contribution >= 4 is 45.7 Å². The molecule has 1 N–H and O–H groups in total. The third-order valence-corrected chi connectivity index (χ3v) is 9.63. The Morgan fingerprint density at radius 2 is 1.81 bits per heavy atom. The number of carbonyl (C=O) groups is 2. The minimum absolute atomic E-state index is 0.0217. The van der Waals surface area contributed by atoms with Crippen LogP contribution in [0.3, 0.4) is 0 Å². The van der Waals surface area contributed by atoms with E-state index in [1.807, 2.05) is 49.7 Å². The lowest BCUT2D eigenvalue weighted by atomic mass is 9.81. The van der Waals surface area contributed by atoms with Gasteiger partial charge in [-0.15, -0.1) is 23.1 Å². The molecule has 194 valence electrons. The molecule has 0 saturated heterocycles. The van der Waals surface area contributed by atoms with Crippen LogP contribution in [0.1, 0.15) is 100 Å². The SMILES string of the molecule is CC1CCC(C(=O)N(c2cc(C#CC(C)(C)C)sc2C(=O)O)C2CCC(SC3=NC=CC3)CC2)CC1. The maximum atomic E-state index is 14.0. The molecule has 7 heteroatoms. The number of carbonyl (C=O) groups excluding carboxylic acids is 1. The molecule has 2 saturated carbocycles. The first-order valence-electron chi connectivity index (χ1n) is 13.2. The van der Waals surface area contributed by atoms with Crippen molar-refractivity contribution in [3.05, 3.63) is 28.1 Å². The van der Waals surface area contributed by atoms with E-state index in [2.05, 4.69) is 29.8 Å². The monoisotopic (exact) mass is 526 g/mol. The average molecular weight is 527 g/mol. The fraction of sp³-hybridized carbons (Fsp3) is 0.621. The second kappa shape index (κ2) is 11.6.